The highest BCUT2D eigenvalue weighted by Crippen LogP contribution is 2.24. The van der Waals surface area contributed by atoms with E-state index in [9.17, 15) is 14.7 Å². The summed E-state index contributed by atoms with van der Waals surface area (Å²) in [7, 11) is 0. The molecule has 0 spiro atoms. The van der Waals surface area contributed by atoms with Crippen molar-refractivity contribution in [1.29, 1.82) is 0 Å². The molecule has 7 nitrogen and oxygen atoms in total. The summed E-state index contributed by atoms with van der Waals surface area (Å²) in [4.78, 5) is 35.2. The van der Waals surface area contributed by atoms with Crippen molar-refractivity contribution >= 4 is 17.5 Å². The van der Waals surface area contributed by atoms with Gasteiger partial charge in [0.1, 0.15) is 5.75 Å². The average molecular weight is 380 g/mol. The van der Waals surface area contributed by atoms with E-state index >= 15 is 0 Å². The first-order valence-corrected chi connectivity index (χ1v) is 9.59. The molecule has 4 rings (SSSR count). The van der Waals surface area contributed by atoms with Gasteiger partial charge < -0.3 is 19.8 Å². The maximum Gasteiger partial charge on any atom is 0.228 e. The first-order valence-electron chi connectivity index (χ1n) is 9.59. The average Bonchev–Trinajstić information content (AvgIpc) is 3.09. The number of likely N-dealkylation sites (tertiary alicyclic amines) is 1. The molecule has 7 heteroatoms. The van der Waals surface area contributed by atoms with E-state index in [-0.39, 0.29) is 29.9 Å². The van der Waals surface area contributed by atoms with Crippen LogP contribution in [0.5, 0.6) is 5.75 Å². The van der Waals surface area contributed by atoms with Gasteiger partial charge in [-0.3, -0.25) is 14.6 Å². The lowest BCUT2D eigenvalue weighted by Gasteiger charge is -2.37. The Morgan fingerprint density at radius 3 is 2.54 bits per heavy atom. The zero-order valence-electron chi connectivity index (χ0n) is 15.7. The zero-order chi connectivity index (χ0) is 19.5. The van der Waals surface area contributed by atoms with Crippen LogP contribution in [0.1, 0.15) is 12.0 Å². The Bertz CT molecular complexity index is 832. The topological polar surface area (TPSA) is 77.0 Å². The number of nitrogens with zero attached hydrogens (tertiary/aromatic N) is 4. The Balaban J connectivity index is 1.31. The number of carbonyl (C=O) groups excluding carboxylic acids is 2. The normalized spacial score (nSPS) is 19.9. The highest BCUT2D eigenvalue weighted by Gasteiger charge is 2.37. The van der Waals surface area contributed by atoms with Gasteiger partial charge in [-0.05, 0) is 35.9 Å². The van der Waals surface area contributed by atoms with Gasteiger partial charge in [-0.1, -0.05) is 6.07 Å². The second-order valence-corrected chi connectivity index (χ2v) is 7.37. The standard InChI is InChI=1S/C21H24N4O3/c26-19-5-3-18(4-6-19)23-8-10-24(11-9-23)21(28)17-12-20(27)25(15-17)14-16-2-1-7-22-13-16/h1-7,13,17,26H,8-12,14-15H2/t17-/m0/s1. The van der Waals surface area contributed by atoms with Crippen LogP contribution in [-0.4, -0.2) is 64.4 Å². The Labute approximate surface area is 164 Å². The Kier molecular flexibility index (Phi) is 5.14. The molecule has 28 heavy (non-hydrogen) atoms. The molecule has 0 unspecified atom stereocenters. The number of aromatic hydroxyl groups is 1. The maximum atomic E-state index is 12.9. The monoisotopic (exact) mass is 380 g/mol. The molecule has 1 N–H and O–H groups in total. The summed E-state index contributed by atoms with van der Waals surface area (Å²) in [5.41, 5.74) is 2.02. The Morgan fingerprint density at radius 2 is 1.86 bits per heavy atom. The van der Waals surface area contributed by atoms with Gasteiger partial charge in [0.05, 0.1) is 5.92 Å². The van der Waals surface area contributed by atoms with E-state index in [4.69, 9.17) is 0 Å². The van der Waals surface area contributed by atoms with Crippen molar-refractivity contribution in [2.45, 2.75) is 13.0 Å². The van der Waals surface area contributed by atoms with Crippen LogP contribution in [0.15, 0.2) is 48.8 Å². The number of piperazine rings is 1. The SMILES string of the molecule is O=C1C[C@H](C(=O)N2CCN(c3ccc(O)cc3)CC2)CN1Cc1cccnc1. The molecule has 0 aliphatic carbocycles. The van der Waals surface area contributed by atoms with Gasteiger partial charge in [0.2, 0.25) is 11.8 Å². The van der Waals surface area contributed by atoms with E-state index in [1.54, 1.807) is 29.4 Å². The van der Waals surface area contributed by atoms with E-state index < -0.39 is 0 Å². The van der Waals surface area contributed by atoms with Crippen LogP contribution < -0.4 is 4.90 Å². The smallest absolute Gasteiger partial charge is 0.228 e. The summed E-state index contributed by atoms with van der Waals surface area (Å²) in [6.45, 7) is 3.77. The lowest BCUT2D eigenvalue weighted by molar-refractivity contribution is -0.136. The van der Waals surface area contributed by atoms with Crippen molar-refractivity contribution in [2.75, 3.05) is 37.6 Å². The molecule has 2 aliphatic rings. The summed E-state index contributed by atoms with van der Waals surface area (Å²) in [6.07, 6.45) is 3.75. The minimum atomic E-state index is -0.260. The maximum absolute atomic E-state index is 12.9. The molecule has 146 valence electrons. The van der Waals surface area contributed by atoms with Crippen LogP contribution >= 0.6 is 0 Å². The fourth-order valence-electron chi connectivity index (χ4n) is 3.91. The van der Waals surface area contributed by atoms with Crippen molar-refractivity contribution in [3.8, 4) is 5.75 Å². The number of phenols is 1. The van der Waals surface area contributed by atoms with Crippen LogP contribution in [0, 0.1) is 5.92 Å². The number of rotatable bonds is 4. The molecule has 0 radical (unpaired) electrons. The van der Waals surface area contributed by atoms with E-state index in [0.717, 1.165) is 24.3 Å². The largest absolute Gasteiger partial charge is 0.508 e. The number of hydrogen-bond donors (Lipinski definition) is 1. The predicted molar refractivity (Wildman–Crippen MR) is 105 cm³/mol. The summed E-state index contributed by atoms with van der Waals surface area (Å²) >= 11 is 0. The second-order valence-electron chi connectivity index (χ2n) is 7.37. The van der Waals surface area contributed by atoms with Crippen LogP contribution in [0.4, 0.5) is 5.69 Å². The minimum absolute atomic E-state index is 0.0323. The highest BCUT2D eigenvalue weighted by molar-refractivity contribution is 5.89. The fraction of sp³-hybridized carbons (Fsp3) is 0.381. The zero-order valence-corrected chi connectivity index (χ0v) is 15.7. The van der Waals surface area contributed by atoms with Crippen LogP contribution in [0.2, 0.25) is 0 Å². The summed E-state index contributed by atoms with van der Waals surface area (Å²) in [5.74, 6) is 0.0982. The molecule has 2 saturated heterocycles. The Morgan fingerprint density at radius 1 is 1.11 bits per heavy atom. The van der Waals surface area contributed by atoms with Crippen molar-refractivity contribution in [1.82, 2.24) is 14.8 Å². The van der Waals surface area contributed by atoms with E-state index in [1.807, 2.05) is 29.2 Å². The number of phenolic OH excluding ortho intramolecular Hbond substituents is 1. The molecule has 2 amide bonds. The van der Waals surface area contributed by atoms with E-state index in [1.165, 1.54) is 0 Å². The first-order chi connectivity index (χ1) is 13.6. The van der Waals surface area contributed by atoms with Gasteiger partial charge in [-0.25, -0.2) is 0 Å². The number of hydrogen-bond acceptors (Lipinski definition) is 5. The van der Waals surface area contributed by atoms with E-state index in [0.29, 0.717) is 26.2 Å². The molecular formula is C21H24N4O3. The number of amides is 2. The highest BCUT2D eigenvalue weighted by atomic mass is 16.3. The van der Waals surface area contributed by atoms with Gasteiger partial charge >= 0.3 is 0 Å². The Hall–Kier alpha value is -3.09. The van der Waals surface area contributed by atoms with Gasteiger partial charge in [0, 0.05) is 63.8 Å². The molecular weight excluding hydrogens is 356 g/mol. The van der Waals surface area contributed by atoms with Gasteiger partial charge in [0.15, 0.2) is 0 Å². The predicted octanol–water partition coefficient (Wildman–Crippen LogP) is 1.48. The third kappa shape index (κ3) is 3.93. The molecule has 2 fully saturated rings. The fourth-order valence-corrected chi connectivity index (χ4v) is 3.91. The van der Waals surface area contributed by atoms with Crippen molar-refractivity contribution in [3.05, 3.63) is 54.4 Å². The molecule has 1 aromatic heterocycles. The van der Waals surface area contributed by atoms with Crippen molar-refractivity contribution < 1.29 is 14.7 Å². The number of carbonyl (C=O) groups is 2. The van der Waals surface area contributed by atoms with Gasteiger partial charge in [-0.2, -0.15) is 0 Å². The lowest BCUT2D eigenvalue weighted by Crippen LogP contribution is -2.50. The summed E-state index contributed by atoms with van der Waals surface area (Å²) < 4.78 is 0. The third-order valence-electron chi connectivity index (χ3n) is 5.47. The third-order valence-corrected chi connectivity index (χ3v) is 5.47. The lowest BCUT2D eigenvalue weighted by atomic mass is 10.1. The summed E-state index contributed by atoms with van der Waals surface area (Å²) in [5, 5.41) is 9.42. The number of aromatic nitrogens is 1. The van der Waals surface area contributed by atoms with Crippen molar-refractivity contribution in [2.24, 2.45) is 5.92 Å². The summed E-state index contributed by atoms with van der Waals surface area (Å²) in [6, 6.07) is 10.9. The van der Waals surface area contributed by atoms with Crippen molar-refractivity contribution in [3.63, 3.8) is 0 Å². The molecule has 2 aromatic rings. The van der Waals surface area contributed by atoms with E-state index in [2.05, 4.69) is 9.88 Å². The molecule has 1 aromatic carbocycles. The van der Waals surface area contributed by atoms with Gasteiger partial charge in [0.25, 0.3) is 0 Å². The van der Waals surface area contributed by atoms with Gasteiger partial charge in [-0.15, -0.1) is 0 Å². The number of anilines is 1. The number of benzene rings is 1. The molecule has 0 bridgehead atoms. The van der Waals surface area contributed by atoms with Crippen LogP contribution in [-0.2, 0) is 16.1 Å². The quantitative estimate of drug-likeness (QED) is 0.870. The molecule has 0 saturated carbocycles. The first kappa shape index (κ1) is 18.3. The van der Waals surface area contributed by atoms with Crippen LogP contribution in [0.25, 0.3) is 0 Å². The van der Waals surface area contributed by atoms with Crippen LogP contribution in [0.3, 0.4) is 0 Å². The molecule has 3 heterocycles. The number of pyridine rings is 1. The second kappa shape index (κ2) is 7.88. The molecule has 2 aliphatic heterocycles. The molecule has 1 atom stereocenters. The minimum Gasteiger partial charge on any atom is -0.508 e.